The smallest absolute Gasteiger partial charge is 0.141 e. The molecule has 112 valence electrons. The molecule has 0 aliphatic carbocycles. The van der Waals surface area contributed by atoms with Gasteiger partial charge in [0.25, 0.3) is 0 Å². The third kappa shape index (κ3) is 3.99. The molecular weight excluding hydrogens is 398 g/mol. The van der Waals surface area contributed by atoms with Crippen LogP contribution in [0.2, 0.25) is 0 Å². The zero-order valence-electron chi connectivity index (χ0n) is 12.1. The van der Waals surface area contributed by atoms with Crippen LogP contribution in [0.1, 0.15) is 18.5 Å². The summed E-state index contributed by atoms with van der Waals surface area (Å²) in [5.74, 6) is 2.35. The minimum Gasteiger partial charge on any atom is -0.497 e. The summed E-state index contributed by atoms with van der Waals surface area (Å²) in [4.78, 5) is 0. The van der Waals surface area contributed by atoms with E-state index < -0.39 is 0 Å². The molecule has 2 aromatic rings. The van der Waals surface area contributed by atoms with Crippen molar-refractivity contribution in [1.29, 1.82) is 0 Å². The molecular formula is C16H17Br2NO2. The molecule has 2 aromatic carbocycles. The Kier molecular flexibility index (Phi) is 5.67. The second-order valence-corrected chi connectivity index (χ2v) is 6.36. The van der Waals surface area contributed by atoms with Gasteiger partial charge in [0.05, 0.1) is 11.6 Å². The van der Waals surface area contributed by atoms with Crippen molar-refractivity contribution in [1.82, 2.24) is 5.32 Å². The maximum Gasteiger partial charge on any atom is 0.141 e. The van der Waals surface area contributed by atoms with Crippen LogP contribution in [-0.4, -0.2) is 14.2 Å². The van der Waals surface area contributed by atoms with Crippen molar-refractivity contribution < 1.29 is 9.47 Å². The molecule has 0 heterocycles. The van der Waals surface area contributed by atoms with Crippen LogP contribution >= 0.6 is 31.9 Å². The minimum atomic E-state index is 0.199. The first-order chi connectivity index (χ1) is 10.0. The van der Waals surface area contributed by atoms with Crippen molar-refractivity contribution in [2.45, 2.75) is 13.0 Å². The van der Waals surface area contributed by atoms with E-state index in [4.69, 9.17) is 9.47 Å². The van der Waals surface area contributed by atoms with Crippen LogP contribution in [0.25, 0.3) is 0 Å². The molecule has 1 N–H and O–H groups in total. The highest BCUT2D eigenvalue weighted by atomic mass is 79.9. The average Bonchev–Trinajstić information content (AvgIpc) is 2.48. The van der Waals surface area contributed by atoms with E-state index in [-0.39, 0.29) is 6.04 Å². The SMILES string of the molecule is CNC(C)c1ccc(Br)cc1Oc1ccc(OC)cc1Br. The highest BCUT2D eigenvalue weighted by molar-refractivity contribution is 9.10. The third-order valence-corrected chi connectivity index (χ3v) is 4.35. The zero-order valence-corrected chi connectivity index (χ0v) is 15.3. The Balaban J connectivity index is 2.36. The Morgan fingerprint density at radius 1 is 1.05 bits per heavy atom. The zero-order chi connectivity index (χ0) is 15.4. The maximum absolute atomic E-state index is 6.07. The maximum atomic E-state index is 6.07. The highest BCUT2D eigenvalue weighted by Crippen LogP contribution is 2.36. The van der Waals surface area contributed by atoms with Crippen molar-refractivity contribution >= 4 is 31.9 Å². The molecule has 0 aliphatic rings. The predicted octanol–water partition coefficient (Wildman–Crippen LogP) is 5.29. The van der Waals surface area contributed by atoms with Gasteiger partial charge in [-0.2, -0.15) is 0 Å². The lowest BCUT2D eigenvalue weighted by molar-refractivity contribution is 0.411. The van der Waals surface area contributed by atoms with Gasteiger partial charge in [-0.05, 0) is 60.2 Å². The van der Waals surface area contributed by atoms with E-state index in [2.05, 4.69) is 50.2 Å². The first-order valence-corrected chi connectivity index (χ1v) is 8.12. The molecule has 5 heteroatoms. The number of methoxy groups -OCH3 is 1. The van der Waals surface area contributed by atoms with E-state index in [9.17, 15) is 0 Å². The fourth-order valence-electron chi connectivity index (χ4n) is 1.92. The molecule has 0 aliphatic heterocycles. The second-order valence-electron chi connectivity index (χ2n) is 4.59. The summed E-state index contributed by atoms with van der Waals surface area (Å²) in [5, 5.41) is 3.23. The highest BCUT2D eigenvalue weighted by Gasteiger charge is 2.13. The molecule has 1 atom stereocenters. The number of hydrogen-bond acceptors (Lipinski definition) is 3. The summed E-state index contributed by atoms with van der Waals surface area (Å²) in [6, 6.07) is 11.9. The Morgan fingerprint density at radius 3 is 2.43 bits per heavy atom. The summed E-state index contributed by atoms with van der Waals surface area (Å²) in [5.41, 5.74) is 1.10. The molecule has 0 saturated heterocycles. The average molecular weight is 415 g/mol. The molecule has 0 fully saturated rings. The van der Waals surface area contributed by atoms with Crippen LogP contribution in [0.3, 0.4) is 0 Å². The summed E-state index contributed by atoms with van der Waals surface area (Å²) in [6.45, 7) is 2.10. The van der Waals surface area contributed by atoms with Gasteiger partial charge in [0.2, 0.25) is 0 Å². The van der Waals surface area contributed by atoms with Gasteiger partial charge in [-0.1, -0.05) is 22.0 Å². The van der Waals surface area contributed by atoms with Crippen molar-refractivity contribution in [3.63, 3.8) is 0 Å². The van der Waals surface area contributed by atoms with Gasteiger partial charge in [-0.25, -0.2) is 0 Å². The van der Waals surface area contributed by atoms with Gasteiger partial charge < -0.3 is 14.8 Å². The molecule has 0 amide bonds. The standard InChI is InChI=1S/C16H17Br2NO2/c1-10(19-2)13-6-4-11(17)8-16(13)21-15-7-5-12(20-3)9-14(15)18/h4-10,19H,1-3H3. The molecule has 2 rings (SSSR count). The van der Waals surface area contributed by atoms with Crippen LogP contribution in [-0.2, 0) is 0 Å². The monoisotopic (exact) mass is 413 g/mol. The lowest BCUT2D eigenvalue weighted by Gasteiger charge is -2.17. The summed E-state index contributed by atoms with van der Waals surface area (Å²) < 4.78 is 13.1. The number of hydrogen-bond donors (Lipinski definition) is 1. The number of rotatable bonds is 5. The van der Waals surface area contributed by atoms with Crippen molar-refractivity contribution in [3.05, 3.63) is 50.9 Å². The van der Waals surface area contributed by atoms with Crippen LogP contribution in [0, 0.1) is 0 Å². The van der Waals surface area contributed by atoms with Gasteiger partial charge in [0.15, 0.2) is 0 Å². The van der Waals surface area contributed by atoms with E-state index >= 15 is 0 Å². The van der Waals surface area contributed by atoms with Crippen molar-refractivity contribution in [2.24, 2.45) is 0 Å². The number of nitrogens with one attached hydrogen (secondary N) is 1. The van der Waals surface area contributed by atoms with Crippen molar-refractivity contribution in [2.75, 3.05) is 14.2 Å². The van der Waals surface area contributed by atoms with Crippen molar-refractivity contribution in [3.8, 4) is 17.2 Å². The summed E-state index contributed by atoms with van der Waals surface area (Å²) in [7, 11) is 3.57. The topological polar surface area (TPSA) is 30.5 Å². The fraction of sp³-hybridized carbons (Fsp3) is 0.250. The molecule has 21 heavy (non-hydrogen) atoms. The van der Waals surface area contributed by atoms with Gasteiger partial charge in [0.1, 0.15) is 17.2 Å². The number of ether oxygens (including phenoxy) is 2. The van der Waals surface area contributed by atoms with E-state index in [1.807, 2.05) is 37.4 Å². The Hall–Kier alpha value is -1.04. The molecule has 0 spiro atoms. The predicted molar refractivity (Wildman–Crippen MR) is 92.4 cm³/mol. The third-order valence-electron chi connectivity index (χ3n) is 3.23. The first kappa shape index (κ1) is 16.3. The molecule has 3 nitrogen and oxygen atoms in total. The quantitative estimate of drug-likeness (QED) is 0.720. The van der Waals surface area contributed by atoms with Crippen LogP contribution in [0.4, 0.5) is 0 Å². The molecule has 0 bridgehead atoms. The summed E-state index contributed by atoms with van der Waals surface area (Å²) in [6.07, 6.45) is 0. The lowest BCUT2D eigenvalue weighted by Crippen LogP contribution is -2.13. The molecule has 0 aromatic heterocycles. The minimum absolute atomic E-state index is 0.199. The first-order valence-electron chi connectivity index (χ1n) is 6.53. The molecule has 1 unspecified atom stereocenters. The van der Waals surface area contributed by atoms with E-state index in [0.29, 0.717) is 0 Å². The fourth-order valence-corrected chi connectivity index (χ4v) is 2.70. The summed E-state index contributed by atoms with van der Waals surface area (Å²) >= 11 is 7.00. The van der Waals surface area contributed by atoms with Crippen LogP contribution < -0.4 is 14.8 Å². The number of benzene rings is 2. The van der Waals surface area contributed by atoms with Gasteiger partial charge in [-0.3, -0.25) is 0 Å². The molecule has 0 radical (unpaired) electrons. The van der Waals surface area contributed by atoms with Crippen LogP contribution in [0.15, 0.2) is 45.3 Å². The Labute approximate surface area is 141 Å². The lowest BCUT2D eigenvalue weighted by atomic mass is 10.1. The molecule has 0 saturated carbocycles. The Bertz CT molecular complexity index is 632. The number of halogens is 2. The van der Waals surface area contributed by atoms with Gasteiger partial charge >= 0.3 is 0 Å². The van der Waals surface area contributed by atoms with Crippen LogP contribution in [0.5, 0.6) is 17.2 Å². The normalized spacial score (nSPS) is 12.0. The van der Waals surface area contributed by atoms with Gasteiger partial charge in [-0.15, -0.1) is 0 Å². The van der Waals surface area contributed by atoms with E-state index in [1.54, 1.807) is 7.11 Å². The largest absolute Gasteiger partial charge is 0.497 e. The Morgan fingerprint density at radius 2 is 1.81 bits per heavy atom. The van der Waals surface area contributed by atoms with E-state index in [0.717, 1.165) is 31.8 Å². The second kappa shape index (κ2) is 7.29. The van der Waals surface area contributed by atoms with E-state index in [1.165, 1.54) is 0 Å². The van der Waals surface area contributed by atoms with Gasteiger partial charge in [0, 0.05) is 16.1 Å².